The third kappa shape index (κ3) is 3.24. The van der Waals surface area contributed by atoms with Gasteiger partial charge in [-0.2, -0.15) is 14.5 Å². The van der Waals surface area contributed by atoms with E-state index in [1.165, 1.54) is 11.3 Å². The number of pyridine rings is 1. The molecule has 0 aromatic carbocycles. The monoisotopic (exact) mass is 384 g/mol. The number of hydrogen-bond donors (Lipinski definition) is 1. The van der Waals surface area contributed by atoms with Gasteiger partial charge < -0.3 is 5.32 Å². The minimum Gasteiger partial charge on any atom is -0.323 e. The van der Waals surface area contributed by atoms with Gasteiger partial charge in [-0.05, 0) is 47.9 Å². The third-order valence-corrected chi connectivity index (χ3v) is 4.70. The van der Waals surface area contributed by atoms with Crippen molar-refractivity contribution in [2.45, 2.75) is 26.4 Å². The van der Waals surface area contributed by atoms with Crippen molar-refractivity contribution in [3.8, 4) is 5.00 Å². The molecular weight excluding hydrogens is 368 g/mol. The van der Waals surface area contributed by atoms with Crippen molar-refractivity contribution < 1.29 is 4.79 Å². The van der Waals surface area contributed by atoms with Crippen LogP contribution < -0.4 is 11.0 Å². The first-order valence-corrected chi connectivity index (χ1v) is 9.10. The standard InChI is InChI=1S/C16H16N8O2S/c1-10(2)23-15-11(7-18-23)6-12(8-17-15)19-13(25)9-22-16(26)24(21-20-22)14-4-3-5-27-14/h3-8,10H,9H2,1-2H3,(H,19,25). The van der Waals surface area contributed by atoms with E-state index in [1.54, 1.807) is 24.5 Å². The lowest BCUT2D eigenvalue weighted by Gasteiger charge is -2.07. The summed E-state index contributed by atoms with van der Waals surface area (Å²) in [5, 5.41) is 17.9. The zero-order chi connectivity index (χ0) is 19.0. The summed E-state index contributed by atoms with van der Waals surface area (Å²) >= 11 is 1.36. The SMILES string of the molecule is CC(C)n1ncc2cc(NC(=O)Cn3nnn(-c4cccs4)c3=O)cnc21. The molecule has 27 heavy (non-hydrogen) atoms. The average Bonchev–Trinajstić information content (AvgIpc) is 3.35. The fraction of sp³-hybridized carbons (Fsp3) is 0.250. The predicted molar refractivity (Wildman–Crippen MR) is 100 cm³/mol. The van der Waals surface area contributed by atoms with Crippen LogP contribution in [0.1, 0.15) is 19.9 Å². The number of tetrazole rings is 1. The zero-order valence-corrected chi connectivity index (χ0v) is 15.4. The van der Waals surface area contributed by atoms with Crippen molar-refractivity contribution in [3.63, 3.8) is 0 Å². The number of carbonyl (C=O) groups is 1. The van der Waals surface area contributed by atoms with E-state index in [2.05, 4.69) is 25.8 Å². The minimum absolute atomic E-state index is 0.188. The van der Waals surface area contributed by atoms with E-state index < -0.39 is 11.6 Å². The Morgan fingerprint density at radius 3 is 2.89 bits per heavy atom. The van der Waals surface area contributed by atoms with Crippen molar-refractivity contribution >= 4 is 34.0 Å². The molecule has 138 valence electrons. The summed E-state index contributed by atoms with van der Waals surface area (Å²) in [5.74, 6) is -0.396. The molecule has 11 heteroatoms. The summed E-state index contributed by atoms with van der Waals surface area (Å²) in [6.07, 6.45) is 3.27. The highest BCUT2D eigenvalue weighted by Gasteiger charge is 2.14. The maximum atomic E-state index is 12.3. The number of rotatable bonds is 5. The van der Waals surface area contributed by atoms with E-state index in [-0.39, 0.29) is 12.6 Å². The molecule has 1 amide bonds. The van der Waals surface area contributed by atoms with Gasteiger partial charge in [0.15, 0.2) is 5.65 Å². The molecule has 4 rings (SSSR count). The lowest BCUT2D eigenvalue weighted by Crippen LogP contribution is -2.29. The van der Waals surface area contributed by atoms with Gasteiger partial charge in [0.25, 0.3) is 0 Å². The van der Waals surface area contributed by atoms with Crippen LogP contribution in [0, 0.1) is 0 Å². The average molecular weight is 384 g/mol. The Labute approximate surface area is 157 Å². The molecule has 0 spiro atoms. The molecule has 4 heterocycles. The maximum Gasteiger partial charge on any atom is 0.369 e. The number of aromatic nitrogens is 7. The number of thiophene rings is 1. The molecule has 0 aliphatic heterocycles. The van der Waals surface area contributed by atoms with Gasteiger partial charge in [-0.1, -0.05) is 0 Å². The van der Waals surface area contributed by atoms with Crippen LogP contribution in [0.2, 0.25) is 0 Å². The lowest BCUT2D eigenvalue weighted by atomic mass is 10.3. The molecule has 0 aliphatic rings. The number of carbonyl (C=O) groups excluding carboxylic acids is 1. The molecule has 4 aromatic heterocycles. The van der Waals surface area contributed by atoms with Crippen LogP contribution in [0.5, 0.6) is 0 Å². The van der Waals surface area contributed by atoms with E-state index in [0.29, 0.717) is 10.7 Å². The molecule has 0 aliphatic carbocycles. The molecule has 10 nitrogen and oxygen atoms in total. The second kappa shape index (κ2) is 6.76. The van der Waals surface area contributed by atoms with E-state index in [1.807, 2.05) is 30.0 Å². The van der Waals surface area contributed by atoms with Gasteiger partial charge in [0.2, 0.25) is 5.91 Å². The summed E-state index contributed by atoms with van der Waals surface area (Å²) < 4.78 is 3.98. The molecule has 0 atom stereocenters. The van der Waals surface area contributed by atoms with Crippen LogP contribution in [0.3, 0.4) is 0 Å². The first kappa shape index (κ1) is 17.1. The number of nitrogens with zero attached hydrogens (tertiary/aromatic N) is 7. The van der Waals surface area contributed by atoms with Gasteiger partial charge in [0.05, 0.1) is 18.1 Å². The largest absolute Gasteiger partial charge is 0.369 e. The smallest absolute Gasteiger partial charge is 0.323 e. The van der Waals surface area contributed by atoms with Crippen LogP contribution in [0.15, 0.2) is 40.8 Å². The molecular formula is C16H16N8O2S. The van der Waals surface area contributed by atoms with E-state index >= 15 is 0 Å². The molecule has 0 saturated heterocycles. The second-order valence-corrected chi connectivity index (χ2v) is 7.08. The van der Waals surface area contributed by atoms with Gasteiger partial charge in [-0.15, -0.1) is 11.3 Å². The Hall–Kier alpha value is -3.34. The van der Waals surface area contributed by atoms with Crippen molar-refractivity contribution in [2.75, 3.05) is 5.32 Å². The predicted octanol–water partition coefficient (Wildman–Crippen LogP) is 1.45. The molecule has 4 aromatic rings. The molecule has 0 radical (unpaired) electrons. The van der Waals surface area contributed by atoms with E-state index in [0.717, 1.165) is 20.4 Å². The first-order valence-electron chi connectivity index (χ1n) is 8.23. The molecule has 0 fully saturated rings. The van der Waals surface area contributed by atoms with Gasteiger partial charge in [-0.3, -0.25) is 4.79 Å². The Morgan fingerprint density at radius 1 is 1.30 bits per heavy atom. The number of amides is 1. The topological polar surface area (TPSA) is 113 Å². The summed E-state index contributed by atoms with van der Waals surface area (Å²) in [4.78, 5) is 29.0. The van der Waals surface area contributed by atoms with E-state index in [4.69, 9.17) is 0 Å². The Balaban J connectivity index is 1.50. The van der Waals surface area contributed by atoms with Crippen molar-refractivity contribution in [1.82, 2.24) is 34.6 Å². The Kier molecular flexibility index (Phi) is 4.28. The second-order valence-electron chi connectivity index (χ2n) is 6.15. The third-order valence-electron chi connectivity index (χ3n) is 3.85. The van der Waals surface area contributed by atoms with E-state index in [9.17, 15) is 9.59 Å². The quantitative estimate of drug-likeness (QED) is 0.557. The molecule has 0 unspecified atom stereocenters. The van der Waals surface area contributed by atoms with Gasteiger partial charge >= 0.3 is 5.69 Å². The fourth-order valence-corrected chi connectivity index (χ4v) is 3.29. The van der Waals surface area contributed by atoms with Gasteiger partial charge in [-0.25, -0.2) is 14.5 Å². The molecule has 0 bridgehead atoms. The Morgan fingerprint density at radius 2 is 2.15 bits per heavy atom. The first-order chi connectivity index (χ1) is 13.0. The molecule has 0 saturated carbocycles. The number of anilines is 1. The van der Waals surface area contributed by atoms with Crippen molar-refractivity contribution in [3.05, 3.63) is 46.5 Å². The van der Waals surface area contributed by atoms with Crippen LogP contribution in [0.25, 0.3) is 16.0 Å². The Bertz CT molecular complexity index is 1150. The van der Waals surface area contributed by atoms with Crippen molar-refractivity contribution in [2.24, 2.45) is 0 Å². The summed E-state index contributed by atoms with van der Waals surface area (Å²) in [6.45, 7) is 3.79. The van der Waals surface area contributed by atoms with Crippen LogP contribution in [0.4, 0.5) is 5.69 Å². The molecule has 1 N–H and O–H groups in total. The lowest BCUT2D eigenvalue weighted by molar-refractivity contribution is -0.117. The minimum atomic E-state index is -0.473. The van der Waals surface area contributed by atoms with Crippen molar-refractivity contribution in [1.29, 1.82) is 0 Å². The summed E-state index contributed by atoms with van der Waals surface area (Å²) in [6, 6.07) is 5.54. The highest BCUT2D eigenvalue weighted by atomic mass is 32.1. The zero-order valence-electron chi connectivity index (χ0n) is 14.6. The normalized spacial score (nSPS) is 11.4. The van der Waals surface area contributed by atoms with Gasteiger partial charge in [0.1, 0.15) is 11.5 Å². The highest BCUT2D eigenvalue weighted by Crippen LogP contribution is 2.19. The maximum absolute atomic E-state index is 12.3. The fourth-order valence-electron chi connectivity index (χ4n) is 2.63. The number of hydrogen-bond acceptors (Lipinski definition) is 7. The van der Waals surface area contributed by atoms with Crippen LogP contribution in [-0.4, -0.2) is 40.5 Å². The number of nitrogens with one attached hydrogen (secondary N) is 1. The van der Waals surface area contributed by atoms with Crippen LogP contribution >= 0.6 is 11.3 Å². The summed E-state index contributed by atoms with van der Waals surface area (Å²) in [7, 11) is 0. The summed E-state index contributed by atoms with van der Waals surface area (Å²) in [5.41, 5.74) is 0.798. The van der Waals surface area contributed by atoms with Gasteiger partial charge in [0, 0.05) is 11.4 Å². The highest BCUT2D eigenvalue weighted by molar-refractivity contribution is 7.12. The number of fused-ring (bicyclic) bond motifs is 1. The van der Waals surface area contributed by atoms with Crippen LogP contribution in [-0.2, 0) is 11.3 Å².